The number of nitrogens with two attached hydrogens (primary N) is 1. The average Bonchev–Trinajstić information content (AvgIpc) is 2.26. The average molecular weight is 208 g/mol. The van der Waals surface area contributed by atoms with Crippen molar-refractivity contribution in [3.8, 4) is 0 Å². The topological polar surface area (TPSA) is 75.2 Å². The Hall–Kier alpha value is -1.62. The monoisotopic (exact) mass is 208 g/mol. The second kappa shape index (κ2) is 5.31. The van der Waals surface area contributed by atoms with Crippen molar-refractivity contribution in [2.24, 2.45) is 5.73 Å². The highest BCUT2D eigenvalue weighted by molar-refractivity contribution is 5.93. The maximum Gasteiger partial charge on any atom is 0.141 e. The van der Waals surface area contributed by atoms with Crippen LogP contribution in [0, 0.1) is 5.41 Å². The van der Waals surface area contributed by atoms with Crippen molar-refractivity contribution in [3.63, 3.8) is 0 Å². The Labute approximate surface area is 89.4 Å². The lowest BCUT2D eigenvalue weighted by Crippen LogP contribution is -2.24. The van der Waals surface area contributed by atoms with E-state index in [4.69, 9.17) is 15.9 Å². The number of aromatic nitrogens is 1. The summed E-state index contributed by atoms with van der Waals surface area (Å²) in [5, 5.41) is 7.28. The van der Waals surface area contributed by atoms with Gasteiger partial charge >= 0.3 is 0 Å². The van der Waals surface area contributed by atoms with E-state index in [-0.39, 0.29) is 5.84 Å². The Kier molecular flexibility index (Phi) is 4.05. The first kappa shape index (κ1) is 11.5. The maximum absolute atomic E-state index is 7.28. The number of pyridine rings is 1. The third kappa shape index (κ3) is 3.21. The van der Waals surface area contributed by atoms with Crippen LogP contribution in [0.3, 0.4) is 0 Å². The Balaban J connectivity index is 2.76. The molecular weight excluding hydrogens is 192 g/mol. The van der Waals surface area contributed by atoms with Crippen molar-refractivity contribution in [1.82, 2.24) is 4.98 Å². The Morgan fingerprint density at radius 2 is 2.33 bits per heavy atom. The highest BCUT2D eigenvalue weighted by atomic mass is 16.5. The molecular formula is C10H16N4O. The molecule has 0 aromatic carbocycles. The van der Waals surface area contributed by atoms with Gasteiger partial charge in [0.2, 0.25) is 0 Å². The minimum Gasteiger partial charge on any atom is -0.383 e. The second-order valence-corrected chi connectivity index (χ2v) is 3.21. The predicted molar refractivity (Wildman–Crippen MR) is 60.4 cm³/mol. The number of amidine groups is 1. The van der Waals surface area contributed by atoms with Gasteiger partial charge in [0.05, 0.1) is 6.61 Å². The molecule has 0 fully saturated rings. The van der Waals surface area contributed by atoms with E-state index in [1.807, 2.05) is 24.1 Å². The summed E-state index contributed by atoms with van der Waals surface area (Å²) in [5.41, 5.74) is 5.86. The van der Waals surface area contributed by atoms with Gasteiger partial charge in [-0.1, -0.05) is 6.07 Å². The van der Waals surface area contributed by atoms with E-state index in [1.54, 1.807) is 13.2 Å². The van der Waals surface area contributed by atoms with Gasteiger partial charge < -0.3 is 15.4 Å². The lowest BCUT2D eigenvalue weighted by Gasteiger charge is -2.17. The van der Waals surface area contributed by atoms with Gasteiger partial charge in [0, 0.05) is 20.7 Å². The van der Waals surface area contributed by atoms with Gasteiger partial charge in [-0.3, -0.25) is 5.41 Å². The van der Waals surface area contributed by atoms with Gasteiger partial charge in [0.15, 0.2) is 0 Å². The van der Waals surface area contributed by atoms with Crippen molar-refractivity contribution in [2.75, 3.05) is 32.2 Å². The smallest absolute Gasteiger partial charge is 0.141 e. The summed E-state index contributed by atoms with van der Waals surface area (Å²) in [5.74, 6) is 0.775. The van der Waals surface area contributed by atoms with Gasteiger partial charge in [-0.15, -0.1) is 0 Å². The van der Waals surface area contributed by atoms with Crippen LogP contribution in [-0.4, -0.2) is 38.1 Å². The van der Waals surface area contributed by atoms with Crippen molar-refractivity contribution >= 4 is 11.7 Å². The summed E-state index contributed by atoms with van der Waals surface area (Å²) in [6.45, 7) is 1.40. The molecule has 5 heteroatoms. The lowest BCUT2D eigenvalue weighted by atomic mass is 10.3. The van der Waals surface area contributed by atoms with Crippen molar-refractivity contribution in [2.45, 2.75) is 0 Å². The molecule has 1 heterocycles. The molecule has 1 aromatic rings. The molecule has 0 spiro atoms. The Bertz CT molecular complexity index is 340. The fourth-order valence-corrected chi connectivity index (χ4v) is 1.13. The summed E-state index contributed by atoms with van der Waals surface area (Å²) in [4.78, 5) is 6.20. The van der Waals surface area contributed by atoms with Crippen LogP contribution in [0.15, 0.2) is 18.2 Å². The largest absolute Gasteiger partial charge is 0.383 e. The van der Waals surface area contributed by atoms with E-state index < -0.39 is 0 Å². The molecule has 0 unspecified atom stereocenters. The van der Waals surface area contributed by atoms with E-state index in [0.717, 1.165) is 12.4 Å². The summed E-state index contributed by atoms with van der Waals surface area (Å²) >= 11 is 0. The second-order valence-electron chi connectivity index (χ2n) is 3.21. The fraction of sp³-hybridized carbons (Fsp3) is 0.400. The number of methoxy groups -OCH3 is 1. The van der Waals surface area contributed by atoms with Gasteiger partial charge in [-0.25, -0.2) is 4.98 Å². The first-order valence-electron chi connectivity index (χ1n) is 4.66. The molecule has 0 amide bonds. The summed E-state index contributed by atoms with van der Waals surface area (Å²) < 4.78 is 4.98. The molecule has 0 aliphatic heterocycles. The van der Waals surface area contributed by atoms with Crippen molar-refractivity contribution in [1.29, 1.82) is 5.41 Å². The van der Waals surface area contributed by atoms with Crippen LogP contribution >= 0.6 is 0 Å². The summed E-state index contributed by atoms with van der Waals surface area (Å²) in [6.07, 6.45) is 0. The summed E-state index contributed by atoms with van der Waals surface area (Å²) in [7, 11) is 3.58. The highest BCUT2D eigenvalue weighted by Gasteiger charge is 2.04. The lowest BCUT2D eigenvalue weighted by molar-refractivity contribution is 0.206. The SMILES string of the molecule is COCCN(C)c1cccc(C(=N)N)n1. The first-order chi connectivity index (χ1) is 7.15. The minimum atomic E-state index is -0.0167. The van der Waals surface area contributed by atoms with E-state index in [1.165, 1.54) is 0 Å². The van der Waals surface area contributed by atoms with Crippen molar-refractivity contribution < 1.29 is 4.74 Å². The molecule has 0 radical (unpaired) electrons. The third-order valence-corrected chi connectivity index (χ3v) is 2.03. The quantitative estimate of drug-likeness (QED) is 0.544. The first-order valence-corrected chi connectivity index (χ1v) is 4.66. The molecule has 1 rings (SSSR count). The van der Waals surface area contributed by atoms with E-state index >= 15 is 0 Å². The number of nitrogens with one attached hydrogen (secondary N) is 1. The van der Waals surface area contributed by atoms with Crippen LogP contribution in [0.4, 0.5) is 5.82 Å². The van der Waals surface area contributed by atoms with Gasteiger partial charge in [-0.2, -0.15) is 0 Å². The Morgan fingerprint density at radius 1 is 1.60 bits per heavy atom. The number of rotatable bonds is 5. The molecule has 0 saturated heterocycles. The molecule has 15 heavy (non-hydrogen) atoms. The maximum atomic E-state index is 7.28. The number of hydrogen-bond acceptors (Lipinski definition) is 4. The van der Waals surface area contributed by atoms with Crippen LogP contribution in [0.5, 0.6) is 0 Å². The number of likely N-dealkylation sites (N-methyl/N-ethyl adjacent to an activating group) is 1. The summed E-state index contributed by atoms with van der Waals surface area (Å²) in [6, 6.07) is 5.43. The number of nitrogens with zero attached hydrogens (tertiary/aromatic N) is 2. The highest BCUT2D eigenvalue weighted by Crippen LogP contribution is 2.08. The van der Waals surface area contributed by atoms with E-state index in [9.17, 15) is 0 Å². The van der Waals surface area contributed by atoms with Gasteiger partial charge in [0.25, 0.3) is 0 Å². The zero-order valence-electron chi connectivity index (χ0n) is 9.03. The molecule has 3 N–H and O–H groups in total. The molecule has 82 valence electrons. The van der Waals surface area contributed by atoms with Gasteiger partial charge in [-0.05, 0) is 12.1 Å². The number of ether oxygens (including phenoxy) is 1. The molecule has 0 saturated carbocycles. The number of anilines is 1. The predicted octanol–water partition coefficient (Wildman–Crippen LogP) is 0.448. The molecule has 0 aliphatic carbocycles. The number of nitrogen functional groups attached to an aromatic ring is 1. The zero-order valence-corrected chi connectivity index (χ0v) is 9.03. The van der Waals surface area contributed by atoms with E-state index in [2.05, 4.69) is 4.98 Å². The standard InChI is InChI=1S/C10H16N4O/c1-14(6-7-15-2)9-5-3-4-8(13-9)10(11)12/h3-5H,6-7H2,1-2H3,(H3,11,12). The fourth-order valence-electron chi connectivity index (χ4n) is 1.13. The van der Waals surface area contributed by atoms with Crippen LogP contribution in [0.1, 0.15) is 5.69 Å². The van der Waals surface area contributed by atoms with Crippen LogP contribution in [0.2, 0.25) is 0 Å². The van der Waals surface area contributed by atoms with Crippen LogP contribution in [0.25, 0.3) is 0 Å². The van der Waals surface area contributed by atoms with E-state index in [0.29, 0.717) is 12.3 Å². The van der Waals surface area contributed by atoms with Crippen LogP contribution in [-0.2, 0) is 4.74 Å². The molecule has 0 atom stereocenters. The molecule has 0 bridgehead atoms. The molecule has 0 aliphatic rings. The Morgan fingerprint density at radius 3 is 2.93 bits per heavy atom. The zero-order chi connectivity index (χ0) is 11.3. The normalized spacial score (nSPS) is 10.0. The van der Waals surface area contributed by atoms with Crippen molar-refractivity contribution in [3.05, 3.63) is 23.9 Å². The third-order valence-electron chi connectivity index (χ3n) is 2.03. The van der Waals surface area contributed by atoms with Gasteiger partial charge in [0.1, 0.15) is 17.3 Å². The minimum absolute atomic E-state index is 0.0167. The number of hydrogen-bond donors (Lipinski definition) is 2. The van der Waals surface area contributed by atoms with Crippen LogP contribution < -0.4 is 10.6 Å². The molecule has 1 aromatic heterocycles. The molecule has 5 nitrogen and oxygen atoms in total.